The summed E-state index contributed by atoms with van der Waals surface area (Å²) in [4.78, 5) is 2.51. The van der Waals surface area contributed by atoms with E-state index < -0.39 is 0 Å². The largest absolute Gasteiger partial charge is 0.306 e. The molecular formula is C38H80BrN. The maximum Gasteiger partial charge on any atom is 0.00891 e. The van der Waals surface area contributed by atoms with Crippen LogP contribution in [0.15, 0.2) is 0 Å². The third kappa shape index (κ3) is 34.6. The fourth-order valence-electron chi connectivity index (χ4n) is 6.34. The molecule has 244 valence electrons. The van der Waals surface area contributed by atoms with Crippen LogP contribution in [0.5, 0.6) is 0 Å². The lowest BCUT2D eigenvalue weighted by Crippen LogP contribution is -2.27. The molecular weight excluding hydrogens is 550 g/mol. The molecule has 0 spiro atoms. The van der Waals surface area contributed by atoms with Gasteiger partial charge in [-0.15, -0.1) is 17.0 Å². The Bertz CT molecular complexity index is 424. The van der Waals surface area contributed by atoms with Crippen molar-refractivity contribution in [2.75, 3.05) is 14.1 Å². The van der Waals surface area contributed by atoms with Crippen LogP contribution in [0, 0.1) is 0 Å². The first-order valence-corrected chi connectivity index (χ1v) is 18.9. The Balaban J connectivity index is 0. The fraction of sp³-hybridized carbons (Fsp3) is 1.00. The Morgan fingerprint density at radius 1 is 0.300 bits per heavy atom. The van der Waals surface area contributed by atoms with Crippen molar-refractivity contribution in [2.45, 2.75) is 232 Å². The summed E-state index contributed by atoms with van der Waals surface area (Å²) in [6.45, 7) is 4.62. The van der Waals surface area contributed by atoms with Crippen molar-refractivity contribution in [1.29, 1.82) is 0 Å². The van der Waals surface area contributed by atoms with Crippen molar-refractivity contribution < 1.29 is 0 Å². The predicted octanol–water partition coefficient (Wildman–Crippen LogP) is 14.4. The van der Waals surface area contributed by atoms with E-state index in [1.54, 1.807) is 0 Å². The minimum absolute atomic E-state index is 0. The van der Waals surface area contributed by atoms with E-state index in [0.29, 0.717) is 0 Å². The SMILES string of the molecule is Br.CCCCCCCCCCCCCCCCCCC(CCCCCCCCCCCCCCCCC)N(C)C. The zero-order chi connectivity index (χ0) is 28.5. The van der Waals surface area contributed by atoms with Gasteiger partial charge >= 0.3 is 0 Å². The highest BCUT2D eigenvalue weighted by molar-refractivity contribution is 8.93. The van der Waals surface area contributed by atoms with Crippen molar-refractivity contribution >= 4 is 17.0 Å². The monoisotopic (exact) mass is 630 g/mol. The van der Waals surface area contributed by atoms with E-state index >= 15 is 0 Å². The quantitative estimate of drug-likeness (QED) is 0.0639. The summed E-state index contributed by atoms with van der Waals surface area (Å²) in [6.07, 6.45) is 48.3. The molecule has 2 heteroatoms. The molecule has 0 N–H and O–H groups in total. The highest BCUT2D eigenvalue weighted by Gasteiger charge is 2.10. The van der Waals surface area contributed by atoms with Crippen LogP contribution in [-0.2, 0) is 0 Å². The van der Waals surface area contributed by atoms with Crippen LogP contribution in [0.4, 0.5) is 0 Å². The summed E-state index contributed by atoms with van der Waals surface area (Å²) in [5, 5.41) is 0. The van der Waals surface area contributed by atoms with Crippen LogP contribution < -0.4 is 0 Å². The Morgan fingerprint density at radius 3 is 0.650 bits per heavy atom. The van der Waals surface area contributed by atoms with Gasteiger partial charge in [0.15, 0.2) is 0 Å². The third-order valence-electron chi connectivity index (χ3n) is 9.26. The molecule has 1 nitrogen and oxygen atoms in total. The highest BCUT2D eigenvalue weighted by atomic mass is 79.9. The second-order valence-electron chi connectivity index (χ2n) is 13.4. The lowest BCUT2D eigenvalue weighted by molar-refractivity contribution is 0.251. The molecule has 0 aromatic rings. The molecule has 1 atom stereocenters. The van der Waals surface area contributed by atoms with Gasteiger partial charge in [-0.3, -0.25) is 0 Å². The smallest absolute Gasteiger partial charge is 0.00891 e. The molecule has 0 saturated carbocycles. The summed E-state index contributed by atoms with van der Waals surface area (Å²) in [7, 11) is 4.62. The molecule has 0 aliphatic rings. The van der Waals surface area contributed by atoms with E-state index in [1.165, 1.54) is 212 Å². The second-order valence-corrected chi connectivity index (χ2v) is 13.4. The van der Waals surface area contributed by atoms with Crippen LogP contribution in [0.2, 0.25) is 0 Å². The Labute approximate surface area is 267 Å². The average molecular weight is 631 g/mol. The summed E-state index contributed by atoms with van der Waals surface area (Å²) in [5.74, 6) is 0. The molecule has 0 amide bonds. The van der Waals surface area contributed by atoms with Crippen LogP contribution in [-0.4, -0.2) is 25.0 Å². The zero-order valence-corrected chi connectivity index (χ0v) is 30.5. The molecule has 0 aromatic heterocycles. The number of hydrogen-bond acceptors (Lipinski definition) is 1. The van der Waals surface area contributed by atoms with E-state index in [2.05, 4.69) is 32.8 Å². The Hall–Kier alpha value is 0.440. The average Bonchev–Trinajstić information content (AvgIpc) is 2.93. The predicted molar refractivity (Wildman–Crippen MR) is 192 cm³/mol. The molecule has 0 heterocycles. The standard InChI is InChI=1S/C38H79N.BrH/c1-5-7-9-11-13-15-17-19-21-23-25-27-29-31-33-35-37-38(39(3)4)36-34-32-30-28-26-24-22-20-18-16-14-12-10-8-6-2;/h38H,5-37H2,1-4H3;1H. The van der Waals surface area contributed by atoms with Gasteiger partial charge in [0.05, 0.1) is 0 Å². The van der Waals surface area contributed by atoms with Crippen molar-refractivity contribution in [1.82, 2.24) is 4.90 Å². The molecule has 0 rings (SSSR count). The molecule has 0 aliphatic carbocycles. The highest BCUT2D eigenvalue weighted by Crippen LogP contribution is 2.19. The normalized spacial score (nSPS) is 12.2. The molecule has 0 fully saturated rings. The van der Waals surface area contributed by atoms with Crippen molar-refractivity contribution in [2.24, 2.45) is 0 Å². The van der Waals surface area contributed by atoms with Crippen molar-refractivity contribution in [3.8, 4) is 0 Å². The molecule has 1 unspecified atom stereocenters. The van der Waals surface area contributed by atoms with E-state index in [1.807, 2.05) is 0 Å². The number of nitrogens with zero attached hydrogens (tertiary/aromatic N) is 1. The summed E-state index contributed by atoms with van der Waals surface area (Å²) in [5.41, 5.74) is 0. The van der Waals surface area contributed by atoms with Gasteiger partial charge in [-0.2, -0.15) is 0 Å². The Kier molecular flexibility index (Phi) is 39.9. The minimum Gasteiger partial charge on any atom is -0.306 e. The zero-order valence-electron chi connectivity index (χ0n) is 28.8. The molecule has 0 aliphatic heterocycles. The molecule has 0 radical (unpaired) electrons. The fourth-order valence-corrected chi connectivity index (χ4v) is 6.34. The van der Waals surface area contributed by atoms with Crippen LogP contribution >= 0.6 is 17.0 Å². The maximum atomic E-state index is 2.51. The summed E-state index contributed by atoms with van der Waals surface area (Å²) >= 11 is 0. The van der Waals surface area contributed by atoms with Gasteiger partial charge in [-0.25, -0.2) is 0 Å². The third-order valence-corrected chi connectivity index (χ3v) is 9.26. The summed E-state index contributed by atoms with van der Waals surface area (Å²) in [6, 6.07) is 0.818. The lowest BCUT2D eigenvalue weighted by atomic mass is 9.99. The van der Waals surface area contributed by atoms with E-state index in [0.717, 1.165) is 6.04 Å². The topological polar surface area (TPSA) is 3.24 Å². The number of halogens is 1. The van der Waals surface area contributed by atoms with Crippen LogP contribution in [0.1, 0.15) is 226 Å². The van der Waals surface area contributed by atoms with Crippen molar-refractivity contribution in [3.05, 3.63) is 0 Å². The van der Waals surface area contributed by atoms with Gasteiger partial charge < -0.3 is 4.90 Å². The molecule has 40 heavy (non-hydrogen) atoms. The number of hydrogen-bond donors (Lipinski definition) is 0. The number of unbranched alkanes of at least 4 members (excludes halogenated alkanes) is 29. The maximum absolute atomic E-state index is 2.51. The van der Waals surface area contributed by atoms with E-state index in [-0.39, 0.29) is 17.0 Å². The van der Waals surface area contributed by atoms with Gasteiger partial charge in [0.1, 0.15) is 0 Å². The first-order valence-electron chi connectivity index (χ1n) is 18.9. The molecule has 0 bridgehead atoms. The van der Waals surface area contributed by atoms with E-state index in [9.17, 15) is 0 Å². The first-order chi connectivity index (χ1) is 19.2. The minimum atomic E-state index is 0. The van der Waals surface area contributed by atoms with Gasteiger partial charge in [0.2, 0.25) is 0 Å². The van der Waals surface area contributed by atoms with Gasteiger partial charge in [0.25, 0.3) is 0 Å². The van der Waals surface area contributed by atoms with Gasteiger partial charge in [-0.1, -0.05) is 213 Å². The summed E-state index contributed by atoms with van der Waals surface area (Å²) < 4.78 is 0. The lowest BCUT2D eigenvalue weighted by Gasteiger charge is -2.24. The number of rotatable bonds is 34. The van der Waals surface area contributed by atoms with Gasteiger partial charge in [-0.05, 0) is 26.9 Å². The van der Waals surface area contributed by atoms with Gasteiger partial charge in [0, 0.05) is 6.04 Å². The molecule has 0 aromatic carbocycles. The Morgan fingerprint density at radius 2 is 0.475 bits per heavy atom. The van der Waals surface area contributed by atoms with Crippen LogP contribution in [0.3, 0.4) is 0 Å². The second kappa shape index (κ2) is 37.5. The molecule has 0 saturated heterocycles. The first kappa shape index (κ1) is 42.6. The van der Waals surface area contributed by atoms with Crippen LogP contribution in [0.25, 0.3) is 0 Å². The van der Waals surface area contributed by atoms with E-state index in [4.69, 9.17) is 0 Å². The van der Waals surface area contributed by atoms with Crippen molar-refractivity contribution in [3.63, 3.8) is 0 Å².